The van der Waals surface area contributed by atoms with Crippen molar-refractivity contribution in [2.75, 3.05) is 18.1 Å². The Kier molecular flexibility index (Phi) is 3.93. The zero-order valence-corrected chi connectivity index (χ0v) is 11.9. The quantitative estimate of drug-likeness (QED) is 0.808. The van der Waals surface area contributed by atoms with Crippen molar-refractivity contribution in [1.82, 2.24) is 9.88 Å². The molecule has 1 amide bonds. The van der Waals surface area contributed by atoms with Crippen LogP contribution in [-0.4, -0.2) is 48.3 Å². The maximum absolute atomic E-state index is 12.2. The molecule has 1 fully saturated rings. The van der Waals surface area contributed by atoms with E-state index in [2.05, 4.69) is 4.98 Å². The van der Waals surface area contributed by atoms with Gasteiger partial charge in [-0.15, -0.1) is 0 Å². The molecule has 7 heteroatoms. The van der Waals surface area contributed by atoms with Crippen LogP contribution in [0.3, 0.4) is 0 Å². The lowest BCUT2D eigenvalue weighted by molar-refractivity contribution is -0.132. The molecule has 106 valence electrons. The molecule has 1 aromatic rings. The number of sulfone groups is 1. The molecule has 1 aliphatic rings. The van der Waals surface area contributed by atoms with Crippen molar-refractivity contribution < 1.29 is 17.6 Å². The summed E-state index contributed by atoms with van der Waals surface area (Å²) in [4.78, 5) is 17.8. The van der Waals surface area contributed by atoms with Gasteiger partial charge in [-0.25, -0.2) is 13.4 Å². The lowest BCUT2D eigenvalue weighted by Crippen LogP contribution is -2.41. The highest BCUT2D eigenvalue weighted by atomic mass is 32.2. The highest BCUT2D eigenvalue weighted by molar-refractivity contribution is 7.91. The first-order valence-corrected chi connectivity index (χ1v) is 8.14. The van der Waals surface area contributed by atoms with Gasteiger partial charge in [0, 0.05) is 12.6 Å². The summed E-state index contributed by atoms with van der Waals surface area (Å²) in [6.45, 7) is 4.14. The Hall–Kier alpha value is -1.37. The Morgan fingerprint density at radius 2 is 2.32 bits per heavy atom. The minimum absolute atomic E-state index is 0.0714. The SMILES string of the molecule is CCN(C(=O)Cc1ocnc1C)C1CCS(=O)(=O)C1. The number of carbonyl (C=O) groups excluding carboxylic acids is 1. The molecule has 1 aliphatic heterocycles. The average molecular weight is 286 g/mol. The van der Waals surface area contributed by atoms with Crippen molar-refractivity contribution in [3.05, 3.63) is 17.8 Å². The summed E-state index contributed by atoms with van der Waals surface area (Å²) >= 11 is 0. The molecule has 1 unspecified atom stereocenters. The molecule has 0 aliphatic carbocycles. The number of aromatic nitrogens is 1. The fourth-order valence-electron chi connectivity index (χ4n) is 2.39. The van der Waals surface area contributed by atoms with Crippen LogP contribution in [-0.2, 0) is 21.1 Å². The third-order valence-electron chi connectivity index (χ3n) is 3.47. The van der Waals surface area contributed by atoms with E-state index in [-0.39, 0.29) is 29.9 Å². The second kappa shape index (κ2) is 5.32. The van der Waals surface area contributed by atoms with E-state index in [9.17, 15) is 13.2 Å². The third kappa shape index (κ3) is 3.15. The molecule has 19 heavy (non-hydrogen) atoms. The van der Waals surface area contributed by atoms with E-state index in [1.54, 1.807) is 11.8 Å². The van der Waals surface area contributed by atoms with Crippen molar-refractivity contribution in [2.24, 2.45) is 0 Å². The highest BCUT2D eigenvalue weighted by Crippen LogP contribution is 2.19. The van der Waals surface area contributed by atoms with Gasteiger partial charge in [0.25, 0.3) is 0 Å². The van der Waals surface area contributed by atoms with Crippen LogP contribution in [0.2, 0.25) is 0 Å². The first-order valence-electron chi connectivity index (χ1n) is 6.32. The fourth-order valence-corrected chi connectivity index (χ4v) is 4.12. The summed E-state index contributed by atoms with van der Waals surface area (Å²) in [5, 5.41) is 0. The van der Waals surface area contributed by atoms with Crippen LogP contribution < -0.4 is 0 Å². The molecule has 0 N–H and O–H groups in total. The normalized spacial score (nSPS) is 21.5. The van der Waals surface area contributed by atoms with Crippen molar-refractivity contribution in [1.29, 1.82) is 0 Å². The van der Waals surface area contributed by atoms with E-state index < -0.39 is 9.84 Å². The monoisotopic (exact) mass is 286 g/mol. The topological polar surface area (TPSA) is 80.5 Å². The first-order chi connectivity index (χ1) is 8.93. The van der Waals surface area contributed by atoms with Gasteiger partial charge in [0.2, 0.25) is 5.91 Å². The average Bonchev–Trinajstić information content (AvgIpc) is 2.87. The van der Waals surface area contributed by atoms with Gasteiger partial charge in [-0.2, -0.15) is 0 Å². The molecule has 2 rings (SSSR count). The highest BCUT2D eigenvalue weighted by Gasteiger charge is 2.34. The fraction of sp³-hybridized carbons (Fsp3) is 0.667. The standard InChI is InChI=1S/C12H18N2O4S/c1-3-14(10-4-5-19(16,17)7-10)12(15)6-11-9(2)13-8-18-11/h8,10H,3-7H2,1-2H3. The number of rotatable bonds is 4. The summed E-state index contributed by atoms with van der Waals surface area (Å²) in [5.41, 5.74) is 0.698. The van der Waals surface area contributed by atoms with Gasteiger partial charge in [0.05, 0.1) is 23.6 Å². The lowest BCUT2D eigenvalue weighted by atomic mass is 10.2. The number of hydrogen-bond donors (Lipinski definition) is 0. The number of oxazole rings is 1. The Bertz CT molecular complexity index is 564. The van der Waals surface area contributed by atoms with E-state index in [4.69, 9.17) is 4.42 Å². The lowest BCUT2D eigenvalue weighted by Gasteiger charge is -2.26. The molecule has 6 nitrogen and oxygen atoms in total. The van der Waals surface area contributed by atoms with Gasteiger partial charge >= 0.3 is 0 Å². The molecule has 1 saturated heterocycles. The van der Waals surface area contributed by atoms with Gasteiger partial charge < -0.3 is 9.32 Å². The minimum atomic E-state index is -2.98. The molecule has 0 radical (unpaired) electrons. The van der Waals surface area contributed by atoms with Crippen LogP contribution in [0.15, 0.2) is 10.8 Å². The number of amides is 1. The number of hydrogen-bond acceptors (Lipinski definition) is 5. The van der Waals surface area contributed by atoms with Crippen LogP contribution in [0, 0.1) is 6.92 Å². The maximum Gasteiger partial charge on any atom is 0.230 e. The predicted molar refractivity (Wildman–Crippen MR) is 69.4 cm³/mol. The Morgan fingerprint density at radius 3 is 2.79 bits per heavy atom. The Morgan fingerprint density at radius 1 is 1.58 bits per heavy atom. The zero-order chi connectivity index (χ0) is 14.0. The molecule has 1 aromatic heterocycles. The number of nitrogens with zero attached hydrogens (tertiary/aromatic N) is 2. The summed E-state index contributed by atoms with van der Waals surface area (Å²) < 4.78 is 28.1. The number of aryl methyl sites for hydroxylation is 1. The first kappa shape index (κ1) is 14.0. The van der Waals surface area contributed by atoms with Crippen LogP contribution in [0.5, 0.6) is 0 Å². The van der Waals surface area contributed by atoms with Crippen LogP contribution in [0.1, 0.15) is 24.8 Å². The molecule has 0 bridgehead atoms. The molecule has 0 aromatic carbocycles. The van der Waals surface area contributed by atoms with Gasteiger partial charge in [0.1, 0.15) is 5.76 Å². The largest absolute Gasteiger partial charge is 0.448 e. The molecule has 0 saturated carbocycles. The van der Waals surface area contributed by atoms with Crippen LogP contribution >= 0.6 is 0 Å². The van der Waals surface area contributed by atoms with Crippen molar-refractivity contribution >= 4 is 15.7 Å². The summed E-state index contributed by atoms with van der Waals surface area (Å²) in [6.07, 6.45) is 1.97. The van der Waals surface area contributed by atoms with E-state index in [1.165, 1.54) is 6.39 Å². The smallest absolute Gasteiger partial charge is 0.230 e. The Labute approximate surface area is 112 Å². The second-order valence-electron chi connectivity index (χ2n) is 4.77. The Balaban J connectivity index is 2.06. The second-order valence-corrected chi connectivity index (χ2v) is 7.00. The van der Waals surface area contributed by atoms with Crippen molar-refractivity contribution in [3.8, 4) is 0 Å². The van der Waals surface area contributed by atoms with E-state index in [0.29, 0.717) is 24.4 Å². The van der Waals surface area contributed by atoms with Gasteiger partial charge in [-0.1, -0.05) is 0 Å². The van der Waals surface area contributed by atoms with Gasteiger partial charge in [0.15, 0.2) is 16.2 Å². The predicted octanol–water partition coefficient (Wildman–Crippen LogP) is 0.561. The minimum Gasteiger partial charge on any atom is -0.448 e. The number of likely N-dealkylation sites (N-methyl/N-ethyl adjacent to an activating group) is 1. The molecule has 0 spiro atoms. The molecule has 2 heterocycles. The summed E-state index contributed by atoms with van der Waals surface area (Å²) in [7, 11) is -2.98. The van der Waals surface area contributed by atoms with E-state index in [1.807, 2.05) is 6.92 Å². The van der Waals surface area contributed by atoms with E-state index >= 15 is 0 Å². The molecular formula is C12H18N2O4S. The third-order valence-corrected chi connectivity index (χ3v) is 5.22. The van der Waals surface area contributed by atoms with Gasteiger partial charge in [-0.3, -0.25) is 4.79 Å². The van der Waals surface area contributed by atoms with Crippen molar-refractivity contribution in [2.45, 2.75) is 32.7 Å². The van der Waals surface area contributed by atoms with E-state index in [0.717, 1.165) is 0 Å². The van der Waals surface area contributed by atoms with Crippen molar-refractivity contribution in [3.63, 3.8) is 0 Å². The molecular weight excluding hydrogens is 268 g/mol. The zero-order valence-electron chi connectivity index (χ0n) is 11.1. The molecule has 1 atom stereocenters. The van der Waals surface area contributed by atoms with Gasteiger partial charge in [-0.05, 0) is 20.3 Å². The van der Waals surface area contributed by atoms with Crippen LogP contribution in [0.4, 0.5) is 0 Å². The summed E-state index contributed by atoms with van der Waals surface area (Å²) in [6, 6.07) is -0.203. The summed E-state index contributed by atoms with van der Waals surface area (Å²) in [5.74, 6) is 0.679. The number of carbonyl (C=O) groups is 1. The maximum atomic E-state index is 12.2. The van der Waals surface area contributed by atoms with Crippen LogP contribution in [0.25, 0.3) is 0 Å².